The van der Waals surface area contributed by atoms with Gasteiger partial charge in [0.05, 0.1) is 6.54 Å². The van der Waals surface area contributed by atoms with Crippen LogP contribution in [-0.4, -0.2) is 46.4 Å². The number of nitrogens with zero attached hydrogens (tertiary/aromatic N) is 3. The van der Waals surface area contributed by atoms with Gasteiger partial charge in [0, 0.05) is 13.1 Å². The number of rotatable bonds is 6. The number of amides is 4. The Bertz CT molecular complexity index is 440. The number of hydrogen-bond donors (Lipinski definition) is 0. The SMILES string of the molecule is C=C(C)CN1C(=C)N(CC(=C)C)C(=O)N(CC(=C)C)C1=O. The van der Waals surface area contributed by atoms with Crippen LogP contribution in [0, 0.1) is 0 Å². The number of urea groups is 2. The maximum Gasteiger partial charge on any atom is 0.334 e. The minimum Gasteiger partial charge on any atom is -0.276 e. The molecule has 1 saturated heterocycles. The Morgan fingerprint density at radius 3 is 1.33 bits per heavy atom. The standard InChI is InChI=1S/C16H23N3O2/c1-11(2)8-17-14(7)18(9-12(3)4)16(21)19(15(17)20)10-13(5)6/h1,3,5,7-10H2,2,4,6H3. The summed E-state index contributed by atoms with van der Waals surface area (Å²) in [5, 5.41) is 0. The van der Waals surface area contributed by atoms with Gasteiger partial charge in [-0.2, -0.15) is 0 Å². The van der Waals surface area contributed by atoms with Crippen LogP contribution in [-0.2, 0) is 0 Å². The molecule has 0 saturated carbocycles. The van der Waals surface area contributed by atoms with Crippen molar-refractivity contribution in [3.63, 3.8) is 0 Å². The van der Waals surface area contributed by atoms with Gasteiger partial charge in [0.25, 0.3) is 0 Å². The molecule has 21 heavy (non-hydrogen) atoms. The van der Waals surface area contributed by atoms with Gasteiger partial charge in [-0.05, 0) is 20.8 Å². The third-order valence-electron chi connectivity index (χ3n) is 2.83. The van der Waals surface area contributed by atoms with Gasteiger partial charge in [-0.15, -0.1) is 0 Å². The first-order valence-corrected chi connectivity index (χ1v) is 6.67. The number of carbonyl (C=O) groups is 2. The molecule has 5 heteroatoms. The van der Waals surface area contributed by atoms with Crippen molar-refractivity contribution in [3.8, 4) is 0 Å². The van der Waals surface area contributed by atoms with Crippen molar-refractivity contribution in [2.75, 3.05) is 19.6 Å². The predicted molar refractivity (Wildman–Crippen MR) is 84.5 cm³/mol. The van der Waals surface area contributed by atoms with E-state index in [-0.39, 0.29) is 6.54 Å². The minimum absolute atomic E-state index is 0.185. The lowest BCUT2D eigenvalue weighted by Crippen LogP contribution is -2.59. The molecule has 4 amide bonds. The molecule has 1 aliphatic rings. The van der Waals surface area contributed by atoms with E-state index in [1.54, 1.807) is 6.92 Å². The van der Waals surface area contributed by atoms with Crippen molar-refractivity contribution >= 4 is 12.1 Å². The van der Waals surface area contributed by atoms with Crippen LogP contribution in [0.25, 0.3) is 0 Å². The normalized spacial score (nSPS) is 15.6. The quantitative estimate of drug-likeness (QED) is 0.704. The van der Waals surface area contributed by atoms with E-state index in [4.69, 9.17) is 0 Å². The van der Waals surface area contributed by atoms with Gasteiger partial charge in [0.2, 0.25) is 0 Å². The Balaban J connectivity index is 3.16. The second-order valence-corrected chi connectivity index (χ2v) is 5.61. The monoisotopic (exact) mass is 289 g/mol. The molecule has 0 unspecified atom stereocenters. The summed E-state index contributed by atoms with van der Waals surface area (Å²) in [4.78, 5) is 29.1. The third-order valence-corrected chi connectivity index (χ3v) is 2.83. The van der Waals surface area contributed by atoms with Gasteiger partial charge < -0.3 is 0 Å². The first-order valence-electron chi connectivity index (χ1n) is 6.67. The van der Waals surface area contributed by atoms with Crippen LogP contribution >= 0.6 is 0 Å². The Hall–Kier alpha value is -2.30. The molecule has 5 nitrogen and oxygen atoms in total. The molecular formula is C16H23N3O2. The number of imide groups is 1. The van der Waals surface area contributed by atoms with E-state index in [0.717, 1.165) is 16.7 Å². The maximum atomic E-state index is 12.5. The molecule has 1 rings (SSSR count). The number of carbonyl (C=O) groups excluding carboxylic acids is 2. The van der Waals surface area contributed by atoms with Gasteiger partial charge in [-0.25, -0.2) is 14.5 Å². The molecule has 0 aliphatic carbocycles. The van der Waals surface area contributed by atoms with Gasteiger partial charge >= 0.3 is 12.1 Å². The van der Waals surface area contributed by atoms with Crippen LogP contribution in [0.2, 0.25) is 0 Å². The summed E-state index contributed by atoms with van der Waals surface area (Å²) in [7, 11) is 0. The van der Waals surface area contributed by atoms with Gasteiger partial charge in [0.1, 0.15) is 5.82 Å². The predicted octanol–water partition coefficient (Wildman–Crippen LogP) is 3.35. The van der Waals surface area contributed by atoms with E-state index in [9.17, 15) is 9.59 Å². The molecule has 0 spiro atoms. The smallest absolute Gasteiger partial charge is 0.276 e. The zero-order chi connectivity index (χ0) is 16.3. The molecule has 0 aromatic rings. The van der Waals surface area contributed by atoms with Crippen molar-refractivity contribution in [2.45, 2.75) is 20.8 Å². The molecule has 0 atom stereocenters. The largest absolute Gasteiger partial charge is 0.334 e. The van der Waals surface area contributed by atoms with Gasteiger partial charge in [-0.1, -0.05) is 43.0 Å². The average molecular weight is 289 g/mol. The van der Waals surface area contributed by atoms with E-state index in [0.29, 0.717) is 18.9 Å². The van der Waals surface area contributed by atoms with Crippen molar-refractivity contribution < 1.29 is 9.59 Å². The highest BCUT2D eigenvalue weighted by Gasteiger charge is 2.39. The molecule has 0 aromatic carbocycles. The van der Waals surface area contributed by atoms with Crippen LogP contribution in [0.4, 0.5) is 9.59 Å². The van der Waals surface area contributed by atoms with Crippen molar-refractivity contribution in [1.82, 2.24) is 14.7 Å². The van der Waals surface area contributed by atoms with Crippen LogP contribution in [0.1, 0.15) is 20.8 Å². The van der Waals surface area contributed by atoms with E-state index < -0.39 is 12.1 Å². The van der Waals surface area contributed by atoms with E-state index >= 15 is 0 Å². The minimum atomic E-state index is -0.394. The summed E-state index contributed by atoms with van der Waals surface area (Å²) >= 11 is 0. The molecule has 1 aliphatic heterocycles. The fourth-order valence-corrected chi connectivity index (χ4v) is 2.00. The van der Waals surface area contributed by atoms with Gasteiger partial charge in [0.15, 0.2) is 0 Å². The van der Waals surface area contributed by atoms with Crippen LogP contribution in [0.3, 0.4) is 0 Å². The Kier molecular flexibility index (Phi) is 5.13. The highest BCUT2D eigenvalue weighted by atomic mass is 16.2. The van der Waals surface area contributed by atoms with E-state index in [2.05, 4.69) is 26.3 Å². The summed E-state index contributed by atoms with van der Waals surface area (Å²) in [5.74, 6) is 0.356. The maximum absolute atomic E-state index is 12.5. The van der Waals surface area contributed by atoms with Crippen molar-refractivity contribution in [2.24, 2.45) is 0 Å². The molecule has 0 N–H and O–H groups in total. The molecule has 114 valence electrons. The summed E-state index contributed by atoms with van der Waals surface area (Å²) in [6, 6.07) is -0.789. The summed E-state index contributed by atoms with van der Waals surface area (Å²) in [5.41, 5.74) is 2.35. The second-order valence-electron chi connectivity index (χ2n) is 5.61. The Morgan fingerprint density at radius 1 is 0.762 bits per heavy atom. The molecule has 0 bridgehead atoms. The molecule has 1 fully saturated rings. The van der Waals surface area contributed by atoms with Crippen LogP contribution < -0.4 is 0 Å². The molecule has 0 radical (unpaired) electrons. The highest BCUT2D eigenvalue weighted by molar-refractivity contribution is 5.98. The van der Waals surface area contributed by atoms with Crippen LogP contribution in [0.5, 0.6) is 0 Å². The van der Waals surface area contributed by atoms with Crippen molar-refractivity contribution in [1.29, 1.82) is 0 Å². The zero-order valence-corrected chi connectivity index (χ0v) is 13.1. The molecule has 0 aromatic heterocycles. The lowest BCUT2D eigenvalue weighted by Gasteiger charge is -2.42. The Morgan fingerprint density at radius 2 is 1.05 bits per heavy atom. The summed E-state index contributed by atoms with van der Waals surface area (Å²) in [6.07, 6.45) is 0. The lowest BCUT2D eigenvalue weighted by molar-refractivity contribution is 0.118. The van der Waals surface area contributed by atoms with Crippen molar-refractivity contribution in [3.05, 3.63) is 48.9 Å². The zero-order valence-electron chi connectivity index (χ0n) is 13.1. The third kappa shape index (κ3) is 3.84. The second kappa shape index (κ2) is 6.43. The fraction of sp³-hybridized carbons (Fsp3) is 0.375. The fourth-order valence-electron chi connectivity index (χ4n) is 2.00. The van der Waals surface area contributed by atoms with Gasteiger partial charge in [-0.3, -0.25) is 9.80 Å². The number of hydrogen-bond acceptors (Lipinski definition) is 2. The van der Waals surface area contributed by atoms with E-state index in [1.807, 2.05) is 13.8 Å². The molecule has 1 heterocycles. The first kappa shape index (κ1) is 16.8. The molecular weight excluding hydrogens is 266 g/mol. The van der Waals surface area contributed by atoms with Crippen LogP contribution in [0.15, 0.2) is 48.9 Å². The summed E-state index contributed by atoms with van der Waals surface area (Å²) in [6.45, 7) is 21.5. The topological polar surface area (TPSA) is 43.9 Å². The summed E-state index contributed by atoms with van der Waals surface area (Å²) < 4.78 is 0. The van der Waals surface area contributed by atoms with E-state index in [1.165, 1.54) is 14.7 Å². The highest BCUT2D eigenvalue weighted by Crippen LogP contribution is 2.23. The average Bonchev–Trinajstić information content (AvgIpc) is 2.35. The lowest BCUT2D eigenvalue weighted by atomic mass is 10.2. The Labute approximate surface area is 126 Å². The first-order chi connectivity index (χ1) is 9.65.